The lowest BCUT2D eigenvalue weighted by Gasteiger charge is -2.33. The van der Waals surface area contributed by atoms with Gasteiger partial charge >= 0.3 is 0 Å². The van der Waals surface area contributed by atoms with E-state index < -0.39 is 0 Å². The van der Waals surface area contributed by atoms with Crippen molar-refractivity contribution in [1.82, 2.24) is 20.4 Å². The highest BCUT2D eigenvalue weighted by Crippen LogP contribution is 2.26. The van der Waals surface area contributed by atoms with Crippen LogP contribution in [0.15, 0.2) is 23.7 Å². The van der Waals surface area contributed by atoms with Crippen molar-refractivity contribution >= 4 is 23.2 Å². The van der Waals surface area contributed by atoms with Gasteiger partial charge in [-0.15, -0.1) is 11.3 Å². The first-order valence-corrected chi connectivity index (χ1v) is 9.28. The Kier molecular flexibility index (Phi) is 5.19. The molecule has 0 bridgehead atoms. The van der Waals surface area contributed by atoms with Gasteiger partial charge in [0.15, 0.2) is 0 Å². The van der Waals surface area contributed by atoms with Crippen LogP contribution in [0.3, 0.4) is 0 Å². The van der Waals surface area contributed by atoms with Crippen LogP contribution < -0.4 is 16.4 Å². The summed E-state index contributed by atoms with van der Waals surface area (Å²) in [5, 5.41) is 12.3. The Labute approximate surface area is 150 Å². The van der Waals surface area contributed by atoms with Crippen LogP contribution in [0.2, 0.25) is 0 Å². The number of rotatable bonds is 5. The molecule has 2 aromatic rings. The summed E-state index contributed by atoms with van der Waals surface area (Å²) in [6.07, 6.45) is 2.72. The van der Waals surface area contributed by atoms with E-state index in [9.17, 15) is 9.59 Å². The zero-order chi connectivity index (χ0) is 18.0. The molecule has 134 valence electrons. The van der Waals surface area contributed by atoms with Gasteiger partial charge in [-0.1, -0.05) is 0 Å². The van der Waals surface area contributed by atoms with Crippen LogP contribution in [0, 0.1) is 0 Å². The van der Waals surface area contributed by atoms with Gasteiger partial charge in [0.2, 0.25) is 5.91 Å². The van der Waals surface area contributed by atoms with Crippen LogP contribution >= 0.6 is 11.3 Å². The van der Waals surface area contributed by atoms with E-state index in [0.717, 1.165) is 11.3 Å². The molecular weight excluding hydrogens is 338 g/mol. The zero-order valence-electron chi connectivity index (χ0n) is 14.4. The standard InChI is InChI=1S/C17H23N5O2S/c1-10(2)22-13(5-6-19-22)16-12(3-4-15(23)21-16)20-17(24)14-7-11(8-18)9-25-14/h5-7,9-10,12,16H,3-4,8,18H2,1-2H3,(H,20,24)(H,21,23). The molecule has 1 aliphatic rings. The number of carbonyl (C=O) groups excluding carboxylic acids is 2. The Morgan fingerprint density at radius 2 is 2.36 bits per heavy atom. The molecule has 0 saturated carbocycles. The molecule has 1 fully saturated rings. The molecule has 7 nitrogen and oxygen atoms in total. The second kappa shape index (κ2) is 7.37. The Balaban J connectivity index is 1.81. The smallest absolute Gasteiger partial charge is 0.261 e. The second-order valence-corrected chi connectivity index (χ2v) is 7.39. The third kappa shape index (κ3) is 3.74. The number of nitrogens with zero attached hydrogens (tertiary/aromatic N) is 2. The number of nitrogens with one attached hydrogen (secondary N) is 2. The fourth-order valence-electron chi connectivity index (χ4n) is 3.08. The third-order valence-electron chi connectivity index (χ3n) is 4.34. The molecule has 1 saturated heterocycles. The molecule has 25 heavy (non-hydrogen) atoms. The summed E-state index contributed by atoms with van der Waals surface area (Å²) < 4.78 is 1.88. The van der Waals surface area contributed by atoms with Crippen molar-refractivity contribution in [3.05, 3.63) is 39.8 Å². The van der Waals surface area contributed by atoms with Crippen molar-refractivity contribution in [1.29, 1.82) is 0 Å². The van der Waals surface area contributed by atoms with Crippen LogP contribution in [0.5, 0.6) is 0 Å². The first-order valence-electron chi connectivity index (χ1n) is 8.40. The van der Waals surface area contributed by atoms with E-state index >= 15 is 0 Å². The minimum Gasteiger partial charge on any atom is -0.346 e. The molecular formula is C17H23N5O2S. The molecule has 0 aromatic carbocycles. The van der Waals surface area contributed by atoms with Crippen LogP contribution in [0.4, 0.5) is 0 Å². The topological polar surface area (TPSA) is 102 Å². The summed E-state index contributed by atoms with van der Waals surface area (Å²) >= 11 is 1.38. The fourth-order valence-corrected chi connectivity index (χ4v) is 3.91. The summed E-state index contributed by atoms with van der Waals surface area (Å²) in [6.45, 7) is 4.49. The van der Waals surface area contributed by atoms with Gasteiger partial charge in [-0.2, -0.15) is 5.10 Å². The van der Waals surface area contributed by atoms with E-state index in [-0.39, 0.29) is 29.9 Å². The zero-order valence-corrected chi connectivity index (χ0v) is 15.2. The Hall–Kier alpha value is -2.19. The van der Waals surface area contributed by atoms with Gasteiger partial charge in [0.05, 0.1) is 22.7 Å². The molecule has 1 aliphatic heterocycles. The maximum atomic E-state index is 12.6. The predicted molar refractivity (Wildman–Crippen MR) is 96.2 cm³/mol. The van der Waals surface area contributed by atoms with Gasteiger partial charge in [0.1, 0.15) is 0 Å². The lowest BCUT2D eigenvalue weighted by Crippen LogP contribution is -2.50. The lowest BCUT2D eigenvalue weighted by atomic mass is 9.95. The Bertz CT molecular complexity index is 767. The maximum absolute atomic E-state index is 12.6. The third-order valence-corrected chi connectivity index (χ3v) is 5.32. The largest absolute Gasteiger partial charge is 0.346 e. The quantitative estimate of drug-likeness (QED) is 0.755. The minimum absolute atomic E-state index is 0.00598. The number of hydrogen-bond donors (Lipinski definition) is 3. The average molecular weight is 361 g/mol. The summed E-state index contributed by atoms with van der Waals surface area (Å²) in [6, 6.07) is 3.42. The van der Waals surface area contributed by atoms with Gasteiger partial charge in [-0.25, -0.2) is 0 Å². The Morgan fingerprint density at radius 1 is 1.56 bits per heavy atom. The molecule has 2 aromatic heterocycles. The minimum atomic E-state index is -0.288. The van der Waals surface area contributed by atoms with Crippen molar-refractivity contribution in [3.63, 3.8) is 0 Å². The summed E-state index contributed by atoms with van der Waals surface area (Å²) in [5.74, 6) is -0.139. The van der Waals surface area contributed by atoms with E-state index in [1.807, 2.05) is 36.0 Å². The summed E-state index contributed by atoms with van der Waals surface area (Å²) in [5.41, 5.74) is 7.46. The molecule has 3 rings (SSSR count). The molecule has 2 amide bonds. The van der Waals surface area contributed by atoms with Gasteiger partial charge in [-0.05, 0) is 43.3 Å². The number of hydrogen-bond acceptors (Lipinski definition) is 5. The van der Waals surface area contributed by atoms with Gasteiger partial charge in [-0.3, -0.25) is 14.3 Å². The van der Waals surface area contributed by atoms with Crippen LogP contribution in [-0.2, 0) is 11.3 Å². The maximum Gasteiger partial charge on any atom is 0.261 e. The average Bonchev–Trinajstić information content (AvgIpc) is 3.25. The SMILES string of the molecule is CC(C)n1nccc1C1NC(=O)CCC1NC(=O)c1cc(CN)cs1. The van der Waals surface area contributed by atoms with E-state index in [0.29, 0.717) is 24.3 Å². The van der Waals surface area contributed by atoms with Crippen LogP contribution in [0.1, 0.15) is 59.7 Å². The number of amides is 2. The molecule has 4 N–H and O–H groups in total. The van der Waals surface area contributed by atoms with Gasteiger partial charge in [0.25, 0.3) is 5.91 Å². The molecule has 8 heteroatoms. The lowest BCUT2D eigenvalue weighted by molar-refractivity contribution is -0.124. The molecule has 3 heterocycles. The summed E-state index contributed by atoms with van der Waals surface area (Å²) in [4.78, 5) is 25.1. The van der Waals surface area contributed by atoms with E-state index in [1.54, 1.807) is 6.20 Å². The van der Waals surface area contributed by atoms with Gasteiger partial charge in [0, 0.05) is 25.2 Å². The first-order chi connectivity index (χ1) is 12.0. The highest BCUT2D eigenvalue weighted by molar-refractivity contribution is 7.12. The number of piperidine rings is 1. The molecule has 0 aliphatic carbocycles. The highest BCUT2D eigenvalue weighted by atomic mass is 32.1. The fraction of sp³-hybridized carbons (Fsp3) is 0.471. The van der Waals surface area contributed by atoms with Crippen molar-refractivity contribution in [3.8, 4) is 0 Å². The van der Waals surface area contributed by atoms with E-state index in [1.165, 1.54) is 11.3 Å². The monoisotopic (exact) mass is 361 g/mol. The van der Waals surface area contributed by atoms with Crippen LogP contribution in [0.25, 0.3) is 0 Å². The first kappa shape index (κ1) is 17.6. The molecule has 2 unspecified atom stereocenters. The highest BCUT2D eigenvalue weighted by Gasteiger charge is 2.33. The van der Waals surface area contributed by atoms with E-state index in [4.69, 9.17) is 5.73 Å². The van der Waals surface area contributed by atoms with Crippen LogP contribution in [-0.4, -0.2) is 27.6 Å². The number of aromatic nitrogens is 2. The van der Waals surface area contributed by atoms with Crippen molar-refractivity contribution < 1.29 is 9.59 Å². The summed E-state index contributed by atoms with van der Waals surface area (Å²) in [7, 11) is 0. The van der Waals surface area contributed by atoms with Crippen molar-refractivity contribution in [2.24, 2.45) is 5.73 Å². The molecule has 0 spiro atoms. The van der Waals surface area contributed by atoms with Crippen molar-refractivity contribution in [2.75, 3.05) is 0 Å². The number of carbonyl (C=O) groups is 2. The number of nitrogens with two attached hydrogens (primary N) is 1. The molecule has 0 radical (unpaired) electrons. The van der Waals surface area contributed by atoms with Gasteiger partial charge < -0.3 is 16.4 Å². The normalized spacial score (nSPS) is 20.6. The van der Waals surface area contributed by atoms with Crippen molar-refractivity contribution in [2.45, 2.75) is 51.4 Å². The predicted octanol–water partition coefficient (Wildman–Crippen LogP) is 1.73. The Morgan fingerprint density at radius 3 is 3.04 bits per heavy atom. The van der Waals surface area contributed by atoms with E-state index in [2.05, 4.69) is 15.7 Å². The number of thiophene rings is 1. The second-order valence-electron chi connectivity index (χ2n) is 6.48. The molecule has 2 atom stereocenters.